The van der Waals surface area contributed by atoms with Crippen molar-refractivity contribution in [1.82, 2.24) is 9.80 Å². The second-order valence-corrected chi connectivity index (χ2v) is 10.4. The summed E-state index contributed by atoms with van der Waals surface area (Å²) in [5.74, 6) is 0.815. The lowest BCUT2D eigenvalue weighted by atomic mass is 10.2. The molecule has 0 spiro atoms. The summed E-state index contributed by atoms with van der Waals surface area (Å²) in [6, 6.07) is 0. The maximum atomic E-state index is 5.97. The lowest BCUT2D eigenvalue weighted by molar-refractivity contribution is 0.0983. The number of nitrogens with zero attached hydrogens (tertiary/aromatic N) is 3. The Bertz CT molecular complexity index is 397. The van der Waals surface area contributed by atoms with Crippen LogP contribution in [0.4, 0.5) is 0 Å². The fourth-order valence-electron chi connectivity index (χ4n) is 1.74. The quantitative estimate of drug-likeness (QED) is 0.484. The highest BCUT2D eigenvalue weighted by Gasteiger charge is 2.34. The molecule has 1 heterocycles. The van der Waals surface area contributed by atoms with E-state index in [1.165, 1.54) is 0 Å². The number of hydrogen-bond acceptors (Lipinski definition) is 4. The third-order valence-electron chi connectivity index (χ3n) is 2.39. The van der Waals surface area contributed by atoms with Gasteiger partial charge >= 0.3 is 6.64 Å². The van der Waals surface area contributed by atoms with Crippen molar-refractivity contribution in [3.8, 4) is 0 Å². The van der Waals surface area contributed by atoms with Gasteiger partial charge in [0.25, 0.3) is 0 Å². The van der Waals surface area contributed by atoms with Crippen LogP contribution < -0.4 is 0 Å². The highest BCUT2D eigenvalue weighted by molar-refractivity contribution is 8.09. The molecular formula is C12H26N3O2PS2. The molecule has 1 atom stereocenters. The number of thiol groups is 1. The first kappa shape index (κ1) is 18.2. The van der Waals surface area contributed by atoms with Crippen molar-refractivity contribution < 1.29 is 9.05 Å². The highest BCUT2D eigenvalue weighted by Crippen LogP contribution is 2.57. The van der Waals surface area contributed by atoms with Crippen molar-refractivity contribution in [2.75, 3.05) is 27.2 Å². The van der Waals surface area contributed by atoms with Crippen LogP contribution >= 0.6 is 19.3 Å². The molecule has 1 aliphatic heterocycles. The highest BCUT2D eigenvalue weighted by atomic mass is 32.5. The van der Waals surface area contributed by atoms with Gasteiger partial charge in [-0.3, -0.25) is 4.52 Å². The van der Waals surface area contributed by atoms with Gasteiger partial charge in [-0.1, -0.05) is 0 Å². The van der Waals surface area contributed by atoms with E-state index in [0.717, 1.165) is 19.0 Å². The first-order valence-electron chi connectivity index (χ1n) is 6.58. The van der Waals surface area contributed by atoms with Crippen LogP contribution in [0, 0.1) is 0 Å². The van der Waals surface area contributed by atoms with E-state index in [1.54, 1.807) is 0 Å². The van der Waals surface area contributed by atoms with Crippen LogP contribution in [0.1, 0.15) is 34.6 Å². The summed E-state index contributed by atoms with van der Waals surface area (Å²) in [5.41, 5.74) is -0.422. The molecule has 118 valence electrons. The van der Waals surface area contributed by atoms with Crippen LogP contribution in [0.15, 0.2) is 4.76 Å². The predicted molar refractivity (Wildman–Crippen MR) is 92.0 cm³/mol. The van der Waals surface area contributed by atoms with Gasteiger partial charge < -0.3 is 14.3 Å². The molecule has 1 saturated heterocycles. The lowest BCUT2D eigenvalue weighted by Crippen LogP contribution is -2.29. The lowest BCUT2D eigenvalue weighted by Gasteiger charge is -2.32. The summed E-state index contributed by atoms with van der Waals surface area (Å²) < 4.78 is 16.5. The fraction of sp³-hybridized carbons (Fsp3) is 0.917. The smallest absolute Gasteiger partial charge is 0.314 e. The van der Waals surface area contributed by atoms with E-state index in [9.17, 15) is 0 Å². The van der Waals surface area contributed by atoms with Crippen LogP contribution in [-0.2, 0) is 20.9 Å². The average molecular weight is 339 g/mol. The van der Waals surface area contributed by atoms with E-state index < -0.39 is 17.2 Å². The minimum absolute atomic E-state index is 0.422. The van der Waals surface area contributed by atoms with Crippen molar-refractivity contribution >= 4 is 37.0 Å². The molecule has 0 aromatic carbocycles. The monoisotopic (exact) mass is 339 g/mol. The van der Waals surface area contributed by atoms with Gasteiger partial charge in [0.15, 0.2) is 0 Å². The molecular weight excluding hydrogens is 313 g/mol. The van der Waals surface area contributed by atoms with Crippen molar-refractivity contribution in [2.45, 2.75) is 45.2 Å². The van der Waals surface area contributed by atoms with Crippen molar-refractivity contribution in [3.05, 3.63) is 0 Å². The molecule has 20 heavy (non-hydrogen) atoms. The van der Waals surface area contributed by atoms with E-state index in [2.05, 4.69) is 27.2 Å². The summed E-state index contributed by atoms with van der Waals surface area (Å²) >= 11 is 10.0. The summed E-state index contributed by atoms with van der Waals surface area (Å²) in [7, 11) is 3.98. The third kappa shape index (κ3) is 5.90. The Morgan fingerprint density at radius 3 is 1.90 bits per heavy atom. The molecule has 0 saturated carbocycles. The van der Waals surface area contributed by atoms with E-state index in [0.29, 0.717) is 0 Å². The van der Waals surface area contributed by atoms with Crippen LogP contribution in [0.3, 0.4) is 0 Å². The second-order valence-electron chi connectivity index (χ2n) is 6.45. The summed E-state index contributed by atoms with van der Waals surface area (Å²) in [4.78, 5) is 3.42. The van der Waals surface area contributed by atoms with Crippen LogP contribution in [0.2, 0.25) is 0 Å². The standard InChI is InChI=1S/C12H26N3O2PS2/c1-11(2,3)16-18(20,17-12(4,5)19)13-10-14(6)8-9-15(10)7/h19H,8-9H2,1-7H3/t18-/m0/s1. The Morgan fingerprint density at radius 1 is 1.10 bits per heavy atom. The summed E-state index contributed by atoms with van der Waals surface area (Å²) in [5, 5.41) is 0. The van der Waals surface area contributed by atoms with Crippen molar-refractivity contribution in [3.63, 3.8) is 0 Å². The molecule has 0 N–H and O–H groups in total. The fourth-order valence-corrected chi connectivity index (χ4v) is 5.59. The largest absolute Gasteiger partial charge is 0.344 e. The molecule has 5 nitrogen and oxygen atoms in total. The maximum Gasteiger partial charge on any atom is 0.314 e. The Balaban J connectivity index is 3.11. The van der Waals surface area contributed by atoms with E-state index in [1.807, 2.05) is 48.7 Å². The average Bonchev–Trinajstić information content (AvgIpc) is 2.42. The molecule has 8 heteroatoms. The van der Waals surface area contributed by atoms with Crippen LogP contribution in [0.25, 0.3) is 0 Å². The van der Waals surface area contributed by atoms with Gasteiger partial charge in [-0.05, 0) is 46.4 Å². The van der Waals surface area contributed by atoms with Crippen molar-refractivity contribution in [1.29, 1.82) is 0 Å². The minimum Gasteiger partial charge on any atom is -0.344 e. The molecule has 0 aromatic rings. The molecule has 0 aromatic heterocycles. The second kappa shape index (κ2) is 6.13. The normalized spacial score (nSPS) is 20.3. The number of likely N-dealkylation sites (N-methyl/N-ethyl adjacent to an activating group) is 2. The first-order chi connectivity index (χ1) is 8.81. The first-order valence-corrected chi connectivity index (χ1v) is 9.62. The van der Waals surface area contributed by atoms with E-state index >= 15 is 0 Å². The zero-order valence-electron chi connectivity index (χ0n) is 13.4. The van der Waals surface area contributed by atoms with Gasteiger partial charge in [-0.2, -0.15) is 4.76 Å². The molecule has 1 rings (SSSR count). The molecule has 0 aliphatic carbocycles. The number of hydrogen-bond donors (Lipinski definition) is 1. The molecule has 0 unspecified atom stereocenters. The van der Waals surface area contributed by atoms with Gasteiger partial charge in [-0.15, -0.1) is 12.6 Å². The molecule has 0 bridgehead atoms. The SMILES string of the molecule is CN1CCN(C)C1=N[P@](=S)(OC(C)(C)C)OC(C)(C)S. The number of guanidine groups is 1. The molecule has 0 amide bonds. The maximum absolute atomic E-state index is 5.97. The Labute approximate surface area is 133 Å². The van der Waals surface area contributed by atoms with Crippen molar-refractivity contribution in [2.24, 2.45) is 4.76 Å². The van der Waals surface area contributed by atoms with Gasteiger partial charge in [0.2, 0.25) is 5.96 Å². The summed E-state index contributed by atoms with van der Waals surface area (Å²) in [6.07, 6.45) is 0. The van der Waals surface area contributed by atoms with E-state index in [-0.39, 0.29) is 0 Å². The van der Waals surface area contributed by atoms with Gasteiger partial charge in [0.1, 0.15) is 4.93 Å². The predicted octanol–water partition coefficient (Wildman–Crippen LogP) is 2.94. The Morgan fingerprint density at radius 2 is 1.55 bits per heavy atom. The Hall–Kier alpha value is 0.190. The molecule has 1 fully saturated rings. The topological polar surface area (TPSA) is 37.3 Å². The van der Waals surface area contributed by atoms with E-state index in [4.69, 9.17) is 20.9 Å². The minimum atomic E-state index is -2.82. The zero-order valence-corrected chi connectivity index (χ0v) is 16.0. The van der Waals surface area contributed by atoms with Crippen LogP contribution in [-0.4, -0.2) is 53.5 Å². The van der Waals surface area contributed by atoms with Crippen LogP contribution in [0.5, 0.6) is 0 Å². The molecule has 0 radical (unpaired) electrons. The Kier molecular flexibility index (Phi) is 5.59. The molecule has 1 aliphatic rings. The number of rotatable bonds is 4. The zero-order chi connectivity index (χ0) is 15.8. The van der Waals surface area contributed by atoms with Gasteiger partial charge in [0.05, 0.1) is 5.60 Å². The van der Waals surface area contributed by atoms with Gasteiger partial charge in [-0.25, -0.2) is 0 Å². The summed E-state index contributed by atoms with van der Waals surface area (Å²) in [6.45, 7) is 8.54. The van der Waals surface area contributed by atoms with Gasteiger partial charge in [0, 0.05) is 27.2 Å². The third-order valence-corrected chi connectivity index (χ3v) is 5.21.